The van der Waals surface area contributed by atoms with Gasteiger partial charge in [0.15, 0.2) is 0 Å². The molecule has 0 atom stereocenters. The summed E-state index contributed by atoms with van der Waals surface area (Å²) in [6, 6.07) is 7.37. The summed E-state index contributed by atoms with van der Waals surface area (Å²) < 4.78 is 6.73. The van der Waals surface area contributed by atoms with E-state index in [1.54, 1.807) is 6.07 Å². The van der Waals surface area contributed by atoms with Crippen molar-refractivity contribution in [3.05, 3.63) is 39.8 Å². The average molecular weight is 393 g/mol. The molecule has 23 heavy (non-hydrogen) atoms. The van der Waals surface area contributed by atoms with E-state index in [4.69, 9.17) is 4.74 Å². The Kier molecular flexibility index (Phi) is 4.23. The molecule has 0 fully saturated rings. The highest BCUT2D eigenvalue weighted by atomic mass is 79.9. The number of anilines is 1. The lowest BCUT2D eigenvalue weighted by Gasteiger charge is -2.07. The molecule has 3 rings (SSSR count). The number of carbonyl (C=O) groups is 2. The van der Waals surface area contributed by atoms with Crippen LogP contribution >= 0.6 is 27.3 Å². The number of benzene rings is 1. The molecule has 0 aliphatic rings. The second kappa shape index (κ2) is 6.17. The maximum atomic E-state index is 12.1. The third-order valence-electron chi connectivity index (χ3n) is 3.33. The van der Waals surface area contributed by atoms with E-state index in [1.165, 1.54) is 25.4 Å². The summed E-state index contributed by atoms with van der Waals surface area (Å²) in [6.45, 7) is 1.46. The number of thiophene rings is 1. The predicted molar refractivity (Wildman–Crippen MR) is 95.0 cm³/mol. The number of hydrogen-bond acceptors (Lipinski definition) is 4. The number of aromatic nitrogens is 1. The van der Waals surface area contributed by atoms with E-state index in [0.29, 0.717) is 11.4 Å². The van der Waals surface area contributed by atoms with Gasteiger partial charge in [-0.25, -0.2) is 4.79 Å². The van der Waals surface area contributed by atoms with Crippen molar-refractivity contribution in [3.8, 4) is 11.1 Å². The smallest absolute Gasteiger partial charge is 0.355 e. The van der Waals surface area contributed by atoms with Crippen molar-refractivity contribution >= 4 is 55.0 Å². The summed E-state index contributed by atoms with van der Waals surface area (Å²) in [7, 11) is 1.35. The number of H-pyrrole nitrogens is 1. The van der Waals surface area contributed by atoms with Crippen LogP contribution in [0.15, 0.2) is 34.1 Å². The van der Waals surface area contributed by atoms with Gasteiger partial charge in [0.05, 0.1) is 21.8 Å². The molecule has 3 aromatic rings. The van der Waals surface area contributed by atoms with Crippen molar-refractivity contribution in [2.75, 3.05) is 12.4 Å². The van der Waals surface area contributed by atoms with Gasteiger partial charge in [0.1, 0.15) is 5.69 Å². The lowest BCUT2D eigenvalue weighted by atomic mass is 10.0. The molecule has 0 aliphatic carbocycles. The van der Waals surface area contributed by atoms with Gasteiger partial charge in [-0.3, -0.25) is 4.79 Å². The Morgan fingerprint density at radius 1 is 1.35 bits per heavy atom. The molecular formula is C16H13BrN2O3S. The maximum absolute atomic E-state index is 12.1. The lowest BCUT2D eigenvalue weighted by molar-refractivity contribution is -0.114. The fraction of sp³-hybridized carbons (Fsp3) is 0.125. The fourth-order valence-electron chi connectivity index (χ4n) is 2.42. The lowest BCUT2D eigenvalue weighted by Crippen LogP contribution is -2.06. The normalized spacial score (nSPS) is 10.7. The van der Waals surface area contributed by atoms with Crippen LogP contribution in [-0.2, 0) is 9.53 Å². The number of fused-ring (bicyclic) bond motifs is 1. The first kappa shape index (κ1) is 15.8. The van der Waals surface area contributed by atoms with Crippen LogP contribution in [-0.4, -0.2) is 24.0 Å². The zero-order valence-electron chi connectivity index (χ0n) is 12.4. The van der Waals surface area contributed by atoms with Gasteiger partial charge in [-0.2, -0.15) is 0 Å². The Morgan fingerprint density at radius 2 is 2.13 bits per heavy atom. The molecule has 1 aromatic carbocycles. The van der Waals surface area contributed by atoms with Crippen LogP contribution in [0.5, 0.6) is 0 Å². The van der Waals surface area contributed by atoms with Crippen molar-refractivity contribution in [2.45, 2.75) is 6.92 Å². The summed E-state index contributed by atoms with van der Waals surface area (Å²) in [4.78, 5) is 26.5. The fourth-order valence-corrected chi connectivity index (χ4v) is 4.09. The topological polar surface area (TPSA) is 71.2 Å². The third kappa shape index (κ3) is 2.89. The number of rotatable bonds is 3. The van der Waals surface area contributed by atoms with Crippen LogP contribution in [0, 0.1) is 0 Å². The molecule has 2 heterocycles. The summed E-state index contributed by atoms with van der Waals surface area (Å²) in [6.07, 6.45) is 0. The van der Waals surface area contributed by atoms with Crippen molar-refractivity contribution in [2.24, 2.45) is 0 Å². The van der Waals surface area contributed by atoms with E-state index in [0.717, 1.165) is 25.8 Å². The van der Waals surface area contributed by atoms with E-state index in [-0.39, 0.29) is 5.91 Å². The second-order valence-electron chi connectivity index (χ2n) is 4.92. The summed E-state index contributed by atoms with van der Waals surface area (Å²) in [5.41, 5.74) is 3.54. The van der Waals surface area contributed by atoms with Crippen LogP contribution < -0.4 is 5.32 Å². The van der Waals surface area contributed by atoms with Crippen molar-refractivity contribution in [1.82, 2.24) is 4.98 Å². The minimum atomic E-state index is -0.430. The molecule has 1 amide bonds. The SMILES string of the molecule is COC(=O)c1[nH]c2c(Br)csc2c1-c1cccc(NC(C)=O)c1. The largest absolute Gasteiger partial charge is 0.464 e. The number of esters is 1. The molecule has 0 aliphatic heterocycles. The molecule has 0 bridgehead atoms. The molecule has 5 nitrogen and oxygen atoms in total. The first-order valence-electron chi connectivity index (χ1n) is 6.76. The van der Waals surface area contributed by atoms with Crippen molar-refractivity contribution in [3.63, 3.8) is 0 Å². The summed E-state index contributed by atoms with van der Waals surface area (Å²) >= 11 is 5.01. The third-order valence-corrected chi connectivity index (χ3v) is 5.26. The number of amides is 1. The van der Waals surface area contributed by atoms with Gasteiger partial charge in [0.2, 0.25) is 5.91 Å². The minimum Gasteiger partial charge on any atom is -0.464 e. The van der Waals surface area contributed by atoms with Gasteiger partial charge in [0, 0.05) is 23.6 Å². The van der Waals surface area contributed by atoms with Gasteiger partial charge in [0.25, 0.3) is 0 Å². The zero-order chi connectivity index (χ0) is 16.6. The van der Waals surface area contributed by atoms with Crippen LogP contribution in [0.4, 0.5) is 5.69 Å². The first-order valence-corrected chi connectivity index (χ1v) is 8.43. The highest BCUT2D eigenvalue weighted by Gasteiger charge is 2.22. The number of ether oxygens (including phenoxy) is 1. The Hall–Kier alpha value is -2.12. The standard InChI is InChI=1S/C16H13BrN2O3S/c1-8(20)18-10-5-3-4-9(6-10)12-14(16(21)22-2)19-13-11(17)7-23-15(12)13/h3-7,19H,1-2H3,(H,18,20). The van der Waals surface area contributed by atoms with Gasteiger partial charge in [-0.1, -0.05) is 12.1 Å². The van der Waals surface area contributed by atoms with E-state index >= 15 is 0 Å². The van der Waals surface area contributed by atoms with Gasteiger partial charge in [-0.05, 0) is 33.6 Å². The molecule has 118 valence electrons. The van der Waals surface area contributed by atoms with E-state index < -0.39 is 5.97 Å². The highest BCUT2D eigenvalue weighted by Crippen LogP contribution is 2.40. The quantitative estimate of drug-likeness (QED) is 0.648. The highest BCUT2D eigenvalue weighted by molar-refractivity contribution is 9.10. The number of halogens is 1. The molecule has 0 saturated carbocycles. The molecule has 0 radical (unpaired) electrons. The van der Waals surface area contributed by atoms with Gasteiger partial charge in [-0.15, -0.1) is 11.3 Å². The van der Waals surface area contributed by atoms with E-state index in [9.17, 15) is 9.59 Å². The number of methoxy groups -OCH3 is 1. The molecule has 2 aromatic heterocycles. The van der Waals surface area contributed by atoms with Crippen LogP contribution in [0.1, 0.15) is 17.4 Å². The summed E-state index contributed by atoms with van der Waals surface area (Å²) in [5.74, 6) is -0.575. The van der Waals surface area contributed by atoms with Crippen LogP contribution in [0.25, 0.3) is 21.3 Å². The van der Waals surface area contributed by atoms with E-state index in [2.05, 4.69) is 26.2 Å². The number of hydrogen-bond donors (Lipinski definition) is 2. The minimum absolute atomic E-state index is 0.145. The number of aromatic amines is 1. The molecular weight excluding hydrogens is 380 g/mol. The Balaban J connectivity index is 2.21. The predicted octanol–water partition coefficient (Wildman–Crippen LogP) is 4.40. The van der Waals surface area contributed by atoms with E-state index in [1.807, 2.05) is 23.6 Å². The van der Waals surface area contributed by atoms with Crippen molar-refractivity contribution < 1.29 is 14.3 Å². The molecule has 2 N–H and O–H groups in total. The number of carbonyl (C=O) groups excluding carboxylic acids is 2. The van der Waals surface area contributed by atoms with Crippen LogP contribution in [0.3, 0.4) is 0 Å². The number of nitrogens with one attached hydrogen (secondary N) is 2. The molecule has 0 spiro atoms. The maximum Gasteiger partial charge on any atom is 0.355 e. The molecule has 0 unspecified atom stereocenters. The molecule has 0 saturated heterocycles. The monoisotopic (exact) mass is 392 g/mol. The first-order chi connectivity index (χ1) is 11.0. The second-order valence-corrected chi connectivity index (χ2v) is 6.65. The van der Waals surface area contributed by atoms with Crippen LogP contribution in [0.2, 0.25) is 0 Å². The zero-order valence-corrected chi connectivity index (χ0v) is 14.8. The Labute approximate surface area is 144 Å². The van der Waals surface area contributed by atoms with Gasteiger partial charge < -0.3 is 15.0 Å². The van der Waals surface area contributed by atoms with Crippen molar-refractivity contribution in [1.29, 1.82) is 0 Å². The molecule has 7 heteroatoms. The Morgan fingerprint density at radius 3 is 2.83 bits per heavy atom. The van der Waals surface area contributed by atoms with Gasteiger partial charge >= 0.3 is 5.97 Å². The Bertz CT molecular complexity index is 913. The average Bonchev–Trinajstić information content (AvgIpc) is 3.06. The summed E-state index contributed by atoms with van der Waals surface area (Å²) in [5, 5.41) is 4.71.